The van der Waals surface area contributed by atoms with E-state index in [-0.39, 0.29) is 4.32 Å². The van der Waals surface area contributed by atoms with Crippen LogP contribution in [-0.2, 0) is 6.42 Å². The van der Waals surface area contributed by atoms with Crippen molar-refractivity contribution in [3.63, 3.8) is 0 Å². The van der Waals surface area contributed by atoms with Crippen molar-refractivity contribution in [1.29, 1.82) is 0 Å². The van der Waals surface area contributed by atoms with E-state index < -0.39 is 0 Å². The molecular formula is C14H15Br. The molecule has 0 bridgehead atoms. The summed E-state index contributed by atoms with van der Waals surface area (Å²) in [7, 11) is 0. The number of hydrogen-bond donors (Lipinski definition) is 0. The van der Waals surface area contributed by atoms with E-state index in [1.165, 1.54) is 11.1 Å². The summed E-state index contributed by atoms with van der Waals surface area (Å²) in [6, 6.07) is 8.57. The third kappa shape index (κ3) is 2.60. The Hall–Kier alpha value is -0.820. The monoisotopic (exact) mass is 262 g/mol. The molecule has 0 saturated heterocycles. The van der Waals surface area contributed by atoms with E-state index in [4.69, 9.17) is 0 Å². The summed E-state index contributed by atoms with van der Waals surface area (Å²) in [5.74, 6) is 0. The number of alkyl halides is 1. The molecule has 0 unspecified atom stereocenters. The Kier molecular flexibility index (Phi) is 3.11. The molecule has 1 aromatic rings. The first-order valence-electron chi connectivity index (χ1n) is 5.28. The molecule has 0 radical (unpaired) electrons. The zero-order valence-electron chi connectivity index (χ0n) is 8.91. The van der Waals surface area contributed by atoms with Crippen molar-refractivity contribution in [3.05, 3.63) is 59.7 Å². The van der Waals surface area contributed by atoms with Crippen LogP contribution in [0.1, 0.15) is 17.5 Å². The molecule has 1 heteroatoms. The van der Waals surface area contributed by atoms with Crippen LogP contribution in [0.25, 0.3) is 0 Å². The van der Waals surface area contributed by atoms with Gasteiger partial charge in [-0.3, -0.25) is 0 Å². The molecule has 1 aliphatic rings. The molecule has 0 amide bonds. The van der Waals surface area contributed by atoms with E-state index in [9.17, 15) is 0 Å². The van der Waals surface area contributed by atoms with Crippen LogP contribution in [-0.4, -0.2) is 4.32 Å². The highest BCUT2D eigenvalue weighted by Crippen LogP contribution is 2.30. The Morgan fingerprint density at radius 3 is 2.53 bits per heavy atom. The van der Waals surface area contributed by atoms with Gasteiger partial charge in [-0.2, -0.15) is 0 Å². The molecule has 0 fully saturated rings. The highest BCUT2D eigenvalue weighted by Gasteiger charge is 2.22. The quantitative estimate of drug-likeness (QED) is 0.554. The maximum atomic E-state index is 3.79. The Labute approximate surface area is 99.8 Å². The fourth-order valence-corrected chi connectivity index (χ4v) is 2.56. The summed E-state index contributed by atoms with van der Waals surface area (Å²) in [6.07, 6.45) is 11.0. The van der Waals surface area contributed by atoms with Gasteiger partial charge in [0.2, 0.25) is 0 Å². The van der Waals surface area contributed by atoms with Crippen molar-refractivity contribution in [2.45, 2.75) is 24.1 Å². The van der Waals surface area contributed by atoms with Crippen LogP contribution in [0.2, 0.25) is 0 Å². The molecule has 0 spiro atoms. The van der Waals surface area contributed by atoms with Gasteiger partial charge in [-0.15, -0.1) is 0 Å². The largest absolute Gasteiger partial charge is 0.0830 e. The van der Waals surface area contributed by atoms with Crippen molar-refractivity contribution in [1.82, 2.24) is 0 Å². The molecule has 0 atom stereocenters. The van der Waals surface area contributed by atoms with Crippen LogP contribution < -0.4 is 0 Å². The lowest BCUT2D eigenvalue weighted by atomic mass is 9.93. The van der Waals surface area contributed by atoms with Gasteiger partial charge in [0.05, 0.1) is 4.32 Å². The van der Waals surface area contributed by atoms with E-state index >= 15 is 0 Å². The van der Waals surface area contributed by atoms with E-state index in [2.05, 4.69) is 71.4 Å². The molecular weight excluding hydrogens is 248 g/mol. The van der Waals surface area contributed by atoms with Crippen molar-refractivity contribution in [3.8, 4) is 0 Å². The van der Waals surface area contributed by atoms with Crippen LogP contribution in [0.4, 0.5) is 0 Å². The lowest BCUT2D eigenvalue weighted by Crippen LogP contribution is -2.19. The number of allylic oxidation sites excluding steroid dienone is 4. The second kappa shape index (κ2) is 4.36. The highest BCUT2D eigenvalue weighted by molar-refractivity contribution is 9.10. The molecule has 2 rings (SSSR count). The fourth-order valence-electron chi connectivity index (χ4n) is 1.88. The number of rotatable bonds is 2. The maximum absolute atomic E-state index is 3.79. The van der Waals surface area contributed by atoms with Crippen LogP contribution in [0.3, 0.4) is 0 Å². The van der Waals surface area contributed by atoms with Gasteiger partial charge >= 0.3 is 0 Å². The summed E-state index contributed by atoms with van der Waals surface area (Å²) in [5, 5.41) is 0. The van der Waals surface area contributed by atoms with Gasteiger partial charge in [0, 0.05) is 0 Å². The Morgan fingerprint density at radius 2 is 1.87 bits per heavy atom. The standard InChI is InChI=1S/C14H15Br/c1-12-7-3-4-8-13(12)11-14(15)9-5-2-6-10-14/h3-10H,2,11H2,1H3. The predicted octanol–water partition coefficient (Wildman–Crippen LogP) is 4.19. The van der Waals surface area contributed by atoms with Crippen LogP contribution >= 0.6 is 15.9 Å². The molecule has 0 aliphatic heterocycles. The van der Waals surface area contributed by atoms with E-state index in [1.54, 1.807) is 0 Å². The summed E-state index contributed by atoms with van der Waals surface area (Å²) in [6.45, 7) is 2.17. The molecule has 0 heterocycles. The Balaban J connectivity index is 2.21. The van der Waals surface area contributed by atoms with Gasteiger partial charge in [0.25, 0.3) is 0 Å². The van der Waals surface area contributed by atoms with Gasteiger partial charge in [-0.1, -0.05) is 64.5 Å². The maximum Gasteiger partial charge on any atom is 0.0657 e. The highest BCUT2D eigenvalue weighted by atomic mass is 79.9. The Morgan fingerprint density at radius 1 is 1.20 bits per heavy atom. The van der Waals surface area contributed by atoms with Gasteiger partial charge in [0.1, 0.15) is 0 Å². The Bertz CT molecular complexity index is 390. The van der Waals surface area contributed by atoms with Gasteiger partial charge in [-0.25, -0.2) is 0 Å². The molecule has 78 valence electrons. The lowest BCUT2D eigenvalue weighted by Gasteiger charge is -2.23. The molecule has 0 nitrogen and oxygen atoms in total. The first-order valence-corrected chi connectivity index (χ1v) is 6.08. The van der Waals surface area contributed by atoms with Crippen molar-refractivity contribution in [2.24, 2.45) is 0 Å². The van der Waals surface area contributed by atoms with Crippen LogP contribution in [0.5, 0.6) is 0 Å². The van der Waals surface area contributed by atoms with Crippen molar-refractivity contribution in [2.75, 3.05) is 0 Å². The zero-order chi connectivity index (χ0) is 10.7. The molecule has 1 aliphatic carbocycles. The minimum Gasteiger partial charge on any atom is -0.0830 e. The SMILES string of the molecule is Cc1ccccc1CC1(Br)C=CCC=C1. The zero-order valence-corrected chi connectivity index (χ0v) is 10.5. The average molecular weight is 263 g/mol. The first-order chi connectivity index (χ1) is 7.20. The second-order valence-electron chi connectivity index (χ2n) is 4.07. The molecule has 0 aromatic heterocycles. The predicted molar refractivity (Wildman–Crippen MR) is 69.4 cm³/mol. The van der Waals surface area contributed by atoms with E-state index in [0.29, 0.717) is 0 Å². The third-order valence-corrected chi connectivity index (χ3v) is 3.59. The number of hydrogen-bond acceptors (Lipinski definition) is 0. The van der Waals surface area contributed by atoms with E-state index in [1.807, 2.05) is 0 Å². The van der Waals surface area contributed by atoms with Crippen LogP contribution in [0, 0.1) is 6.92 Å². The smallest absolute Gasteiger partial charge is 0.0657 e. The van der Waals surface area contributed by atoms with Gasteiger partial charge < -0.3 is 0 Å². The number of benzene rings is 1. The van der Waals surface area contributed by atoms with Crippen molar-refractivity contribution < 1.29 is 0 Å². The number of halogens is 1. The third-order valence-electron chi connectivity index (χ3n) is 2.78. The summed E-state index contributed by atoms with van der Waals surface area (Å²) >= 11 is 3.79. The second-order valence-corrected chi connectivity index (χ2v) is 5.55. The van der Waals surface area contributed by atoms with Gasteiger partial charge in [0.15, 0.2) is 0 Å². The fraction of sp³-hybridized carbons (Fsp3) is 0.286. The average Bonchev–Trinajstić information content (AvgIpc) is 2.22. The number of aryl methyl sites for hydroxylation is 1. The molecule has 0 N–H and O–H groups in total. The summed E-state index contributed by atoms with van der Waals surface area (Å²) in [4.78, 5) is 0. The minimum atomic E-state index is 0.0252. The van der Waals surface area contributed by atoms with Crippen LogP contribution in [0.15, 0.2) is 48.6 Å². The summed E-state index contributed by atoms with van der Waals surface area (Å²) in [5.41, 5.74) is 2.77. The summed E-state index contributed by atoms with van der Waals surface area (Å²) < 4.78 is 0.0252. The van der Waals surface area contributed by atoms with E-state index in [0.717, 1.165) is 12.8 Å². The van der Waals surface area contributed by atoms with Crippen molar-refractivity contribution >= 4 is 15.9 Å². The lowest BCUT2D eigenvalue weighted by molar-refractivity contribution is 0.854. The topological polar surface area (TPSA) is 0 Å². The van der Waals surface area contributed by atoms with Gasteiger partial charge in [-0.05, 0) is 30.9 Å². The molecule has 1 aromatic carbocycles. The minimum absolute atomic E-state index is 0.0252. The molecule has 15 heavy (non-hydrogen) atoms. The normalized spacial score (nSPS) is 18.0. The first kappa shape index (κ1) is 10.7. The molecule has 0 saturated carbocycles.